The lowest BCUT2D eigenvalue weighted by Crippen LogP contribution is -1.94. The van der Waals surface area contributed by atoms with Crippen molar-refractivity contribution in [3.8, 4) is 0 Å². The molecule has 0 bridgehead atoms. The number of aromatic nitrogens is 2. The van der Waals surface area contributed by atoms with Crippen LogP contribution in [0, 0.1) is 10.1 Å². The maximum absolute atomic E-state index is 10.6. The fourth-order valence-corrected chi connectivity index (χ4v) is 1.72. The lowest BCUT2D eigenvalue weighted by molar-refractivity contribution is -0.384. The summed E-state index contributed by atoms with van der Waals surface area (Å²) in [6.45, 7) is 2.55. The quantitative estimate of drug-likeness (QED) is 0.583. The van der Waals surface area contributed by atoms with Crippen LogP contribution in [-0.4, -0.2) is 14.7 Å². The molecule has 78 valence electrons. The highest BCUT2D eigenvalue weighted by Crippen LogP contribution is 2.26. The zero-order chi connectivity index (χ0) is 11.0. The second-order valence-corrected chi connectivity index (χ2v) is 3.42. The first-order valence-electron chi connectivity index (χ1n) is 4.44. The van der Waals surface area contributed by atoms with Crippen LogP contribution in [0.3, 0.4) is 0 Å². The third-order valence-electron chi connectivity index (χ3n) is 2.17. The highest BCUT2D eigenvalue weighted by atomic mass is 35.5. The van der Waals surface area contributed by atoms with E-state index in [1.165, 1.54) is 12.1 Å². The Morgan fingerprint density at radius 3 is 2.93 bits per heavy atom. The van der Waals surface area contributed by atoms with E-state index in [1.807, 2.05) is 6.92 Å². The maximum Gasteiger partial charge on any atom is 0.270 e. The number of nitro groups is 1. The second-order valence-electron chi connectivity index (χ2n) is 3.07. The van der Waals surface area contributed by atoms with Crippen molar-refractivity contribution in [3.63, 3.8) is 0 Å². The van der Waals surface area contributed by atoms with Crippen LogP contribution in [-0.2, 0) is 6.54 Å². The molecule has 0 amide bonds. The molecule has 0 N–H and O–H groups in total. The van der Waals surface area contributed by atoms with Gasteiger partial charge in [0.25, 0.3) is 5.69 Å². The number of halogens is 1. The number of fused-ring (bicyclic) bond motifs is 1. The monoisotopic (exact) mass is 225 g/mol. The van der Waals surface area contributed by atoms with Crippen LogP contribution in [0.15, 0.2) is 18.2 Å². The molecule has 0 aliphatic heterocycles. The van der Waals surface area contributed by atoms with Crippen LogP contribution in [0.1, 0.15) is 6.92 Å². The van der Waals surface area contributed by atoms with Gasteiger partial charge in [0.05, 0.1) is 10.4 Å². The lowest BCUT2D eigenvalue weighted by atomic mass is 10.2. The molecule has 2 aromatic rings. The molecule has 0 aliphatic rings. The van der Waals surface area contributed by atoms with E-state index in [0.29, 0.717) is 22.6 Å². The first-order valence-corrected chi connectivity index (χ1v) is 4.81. The molecule has 1 heterocycles. The Balaban J connectivity index is 2.70. The number of aryl methyl sites for hydroxylation is 1. The van der Waals surface area contributed by atoms with Crippen molar-refractivity contribution in [2.24, 2.45) is 0 Å². The fraction of sp³-hybridized carbons (Fsp3) is 0.222. The molecule has 0 radical (unpaired) electrons. The number of rotatable bonds is 2. The fourth-order valence-electron chi connectivity index (χ4n) is 1.41. The van der Waals surface area contributed by atoms with Crippen molar-refractivity contribution >= 4 is 28.2 Å². The van der Waals surface area contributed by atoms with Gasteiger partial charge in [0, 0.05) is 24.1 Å². The van der Waals surface area contributed by atoms with Gasteiger partial charge in [-0.05, 0) is 13.0 Å². The van der Waals surface area contributed by atoms with E-state index in [4.69, 9.17) is 11.6 Å². The maximum atomic E-state index is 10.6. The number of hydrogen-bond acceptors (Lipinski definition) is 3. The third-order valence-corrected chi connectivity index (χ3v) is 2.57. The number of hydrogen-bond donors (Lipinski definition) is 0. The molecule has 0 saturated carbocycles. The van der Waals surface area contributed by atoms with Gasteiger partial charge in [0.1, 0.15) is 5.15 Å². The van der Waals surface area contributed by atoms with Crippen LogP contribution < -0.4 is 0 Å². The first-order chi connectivity index (χ1) is 7.13. The molecule has 0 spiro atoms. The van der Waals surface area contributed by atoms with Crippen molar-refractivity contribution in [1.82, 2.24) is 9.78 Å². The topological polar surface area (TPSA) is 61.0 Å². The van der Waals surface area contributed by atoms with Gasteiger partial charge in [0.15, 0.2) is 0 Å². The molecule has 0 fully saturated rings. The summed E-state index contributed by atoms with van der Waals surface area (Å²) in [5, 5.41) is 15.8. The van der Waals surface area contributed by atoms with Gasteiger partial charge in [-0.15, -0.1) is 0 Å². The summed E-state index contributed by atoms with van der Waals surface area (Å²) in [7, 11) is 0. The summed E-state index contributed by atoms with van der Waals surface area (Å²) >= 11 is 6.01. The Morgan fingerprint density at radius 1 is 1.60 bits per heavy atom. The van der Waals surface area contributed by atoms with Crippen molar-refractivity contribution < 1.29 is 4.92 Å². The van der Waals surface area contributed by atoms with E-state index >= 15 is 0 Å². The molecule has 15 heavy (non-hydrogen) atoms. The molecule has 0 aliphatic carbocycles. The second kappa shape index (κ2) is 3.51. The number of nitro benzene ring substituents is 1. The van der Waals surface area contributed by atoms with Crippen molar-refractivity contribution in [2.75, 3.05) is 0 Å². The Labute approximate surface area is 90.4 Å². The molecule has 1 aromatic carbocycles. The number of non-ortho nitro benzene ring substituents is 1. The number of benzene rings is 1. The van der Waals surface area contributed by atoms with E-state index in [0.717, 1.165) is 0 Å². The standard InChI is InChI=1S/C9H8ClN3O2/c1-2-12-9(10)7-5-6(13(14)15)3-4-8(7)11-12/h3-5H,2H2,1H3. The van der Waals surface area contributed by atoms with Crippen molar-refractivity contribution in [1.29, 1.82) is 0 Å². The molecule has 6 heteroatoms. The molecule has 0 unspecified atom stereocenters. The molecular formula is C9H8ClN3O2. The van der Waals surface area contributed by atoms with Crippen LogP contribution in [0.2, 0.25) is 5.15 Å². The largest absolute Gasteiger partial charge is 0.270 e. The van der Waals surface area contributed by atoms with Crippen LogP contribution in [0.5, 0.6) is 0 Å². The molecule has 0 atom stereocenters. The lowest BCUT2D eigenvalue weighted by Gasteiger charge is -1.94. The highest BCUT2D eigenvalue weighted by Gasteiger charge is 2.12. The summed E-state index contributed by atoms with van der Waals surface area (Å²) in [5.41, 5.74) is 0.701. The van der Waals surface area contributed by atoms with Gasteiger partial charge in [0.2, 0.25) is 0 Å². The normalized spacial score (nSPS) is 10.8. The Hall–Kier alpha value is -1.62. The summed E-state index contributed by atoms with van der Waals surface area (Å²) in [4.78, 5) is 10.1. The number of nitrogens with zero attached hydrogens (tertiary/aromatic N) is 3. The third kappa shape index (κ3) is 1.55. The van der Waals surface area contributed by atoms with E-state index in [2.05, 4.69) is 5.10 Å². The van der Waals surface area contributed by atoms with Gasteiger partial charge in [-0.2, -0.15) is 5.10 Å². The molecule has 5 nitrogen and oxygen atoms in total. The predicted molar refractivity (Wildman–Crippen MR) is 57.1 cm³/mol. The summed E-state index contributed by atoms with van der Waals surface area (Å²) in [6, 6.07) is 4.47. The van der Waals surface area contributed by atoms with Crippen LogP contribution in [0.4, 0.5) is 5.69 Å². The highest BCUT2D eigenvalue weighted by molar-refractivity contribution is 6.34. The van der Waals surface area contributed by atoms with E-state index < -0.39 is 4.92 Å². The summed E-state index contributed by atoms with van der Waals surface area (Å²) in [5.74, 6) is 0. The minimum Gasteiger partial charge on any atom is -0.258 e. The Morgan fingerprint density at radius 2 is 2.33 bits per heavy atom. The average molecular weight is 226 g/mol. The van der Waals surface area contributed by atoms with Gasteiger partial charge in [-0.1, -0.05) is 11.6 Å². The van der Waals surface area contributed by atoms with Gasteiger partial charge in [-0.25, -0.2) is 0 Å². The van der Waals surface area contributed by atoms with Crippen molar-refractivity contribution in [2.45, 2.75) is 13.5 Å². The summed E-state index contributed by atoms with van der Waals surface area (Å²) in [6.07, 6.45) is 0. The van der Waals surface area contributed by atoms with Gasteiger partial charge in [-0.3, -0.25) is 14.8 Å². The predicted octanol–water partition coefficient (Wildman–Crippen LogP) is 2.62. The van der Waals surface area contributed by atoms with E-state index in [1.54, 1.807) is 10.7 Å². The van der Waals surface area contributed by atoms with E-state index in [9.17, 15) is 10.1 Å². The van der Waals surface area contributed by atoms with Crippen molar-refractivity contribution in [3.05, 3.63) is 33.5 Å². The minimum absolute atomic E-state index is 0.0278. The average Bonchev–Trinajstić information content (AvgIpc) is 2.55. The van der Waals surface area contributed by atoms with E-state index in [-0.39, 0.29) is 5.69 Å². The molecule has 0 saturated heterocycles. The smallest absolute Gasteiger partial charge is 0.258 e. The SMILES string of the molecule is CCn1nc2ccc([N+](=O)[O-])cc2c1Cl. The minimum atomic E-state index is -0.445. The van der Waals surface area contributed by atoms with Crippen LogP contribution >= 0.6 is 11.6 Å². The van der Waals surface area contributed by atoms with Gasteiger partial charge >= 0.3 is 0 Å². The Kier molecular flexibility index (Phi) is 2.32. The molecule has 1 aromatic heterocycles. The first kappa shape index (κ1) is 9.92. The Bertz CT molecular complexity index is 535. The molecular weight excluding hydrogens is 218 g/mol. The van der Waals surface area contributed by atoms with Gasteiger partial charge < -0.3 is 0 Å². The molecule has 2 rings (SSSR count). The van der Waals surface area contributed by atoms with Crippen LogP contribution in [0.25, 0.3) is 10.9 Å². The summed E-state index contributed by atoms with van der Waals surface area (Å²) < 4.78 is 1.61. The zero-order valence-corrected chi connectivity index (χ0v) is 8.73. The zero-order valence-electron chi connectivity index (χ0n) is 7.98.